The van der Waals surface area contributed by atoms with E-state index in [1.807, 2.05) is 19.1 Å². The molecule has 2 aromatic heterocycles. The summed E-state index contributed by atoms with van der Waals surface area (Å²) in [5.74, 6) is 1.57. The van der Waals surface area contributed by atoms with Crippen LogP contribution in [0.2, 0.25) is 0 Å². The molecule has 2 heterocycles. The highest BCUT2D eigenvalue weighted by molar-refractivity contribution is 5.92. The third-order valence-electron chi connectivity index (χ3n) is 4.89. The summed E-state index contributed by atoms with van der Waals surface area (Å²) in [6, 6.07) is 9.62. The zero-order valence-corrected chi connectivity index (χ0v) is 15.9. The second-order valence-electron chi connectivity index (χ2n) is 6.93. The van der Waals surface area contributed by atoms with Crippen molar-refractivity contribution in [2.24, 2.45) is 0 Å². The molecule has 4 rings (SSSR count). The fraction of sp³-hybridized carbons (Fsp3) is 0.381. The van der Waals surface area contributed by atoms with E-state index < -0.39 is 0 Å². The molecule has 1 amide bonds. The lowest BCUT2D eigenvalue weighted by atomic mass is 9.92. The van der Waals surface area contributed by atoms with Crippen LogP contribution >= 0.6 is 0 Å². The molecular formula is C21H23N3O4. The van der Waals surface area contributed by atoms with Gasteiger partial charge in [0.05, 0.1) is 12.2 Å². The van der Waals surface area contributed by atoms with Crippen molar-refractivity contribution in [2.75, 3.05) is 0 Å². The van der Waals surface area contributed by atoms with E-state index in [1.165, 1.54) is 24.0 Å². The largest absolute Gasteiger partial charge is 0.486 e. The number of fused-ring (bicyclic) bond motifs is 1. The summed E-state index contributed by atoms with van der Waals surface area (Å²) in [5, 5.41) is 10.4. The number of rotatable bonds is 7. The molecule has 146 valence electrons. The van der Waals surface area contributed by atoms with Crippen LogP contribution in [-0.2, 0) is 32.4 Å². The van der Waals surface area contributed by atoms with Crippen LogP contribution in [0.25, 0.3) is 0 Å². The molecule has 1 aromatic carbocycles. The first-order valence-electron chi connectivity index (χ1n) is 9.64. The Morgan fingerprint density at radius 1 is 1.07 bits per heavy atom. The van der Waals surface area contributed by atoms with Gasteiger partial charge in [0, 0.05) is 12.1 Å². The van der Waals surface area contributed by atoms with E-state index in [2.05, 4.69) is 27.8 Å². The van der Waals surface area contributed by atoms with Crippen LogP contribution in [0, 0.1) is 0 Å². The van der Waals surface area contributed by atoms with Gasteiger partial charge in [0.2, 0.25) is 0 Å². The highest BCUT2D eigenvalue weighted by atomic mass is 16.5. The first-order valence-corrected chi connectivity index (χ1v) is 9.64. The number of carbonyl (C=O) groups excluding carboxylic acids is 1. The molecule has 0 fully saturated rings. The number of hydrogen-bond donors (Lipinski definition) is 1. The van der Waals surface area contributed by atoms with Gasteiger partial charge in [-0.25, -0.2) is 0 Å². The highest BCUT2D eigenvalue weighted by Gasteiger charge is 2.15. The smallest absolute Gasteiger partial charge is 0.273 e. The number of benzene rings is 1. The number of nitrogens with zero attached hydrogens (tertiary/aromatic N) is 2. The van der Waals surface area contributed by atoms with Crippen molar-refractivity contribution in [1.82, 2.24) is 15.6 Å². The summed E-state index contributed by atoms with van der Waals surface area (Å²) in [4.78, 5) is 12.2. The average molecular weight is 381 g/mol. The maximum absolute atomic E-state index is 12.2. The third-order valence-corrected chi connectivity index (χ3v) is 4.89. The SMILES string of the molecule is CCc1cc(CNC(=O)c2cc(COc3ccc4c(c3)CCCC4)on2)on1. The second-order valence-corrected chi connectivity index (χ2v) is 6.93. The fourth-order valence-corrected chi connectivity index (χ4v) is 3.31. The van der Waals surface area contributed by atoms with Crippen molar-refractivity contribution in [2.45, 2.75) is 52.2 Å². The Morgan fingerprint density at radius 3 is 2.71 bits per heavy atom. The van der Waals surface area contributed by atoms with Crippen molar-refractivity contribution < 1.29 is 18.6 Å². The molecule has 0 atom stereocenters. The predicted molar refractivity (Wildman–Crippen MR) is 101 cm³/mol. The van der Waals surface area contributed by atoms with Crippen LogP contribution < -0.4 is 10.1 Å². The summed E-state index contributed by atoms with van der Waals surface area (Å²) in [7, 11) is 0. The summed E-state index contributed by atoms with van der Waals surface area (Å²) in [6.45, 7) is 2.46. The standard InChI is InChI=1S/C21H23N3O4/c1-2-16-10-18(27-23-16)12-22-21(25)20-11-19(28-24-20)13-26-17-8-7-14-5-3-4-6-15(14)9-17/h7-11H,2-6,12-13H2,1H3,(H,22,25). The molecule has 1 N–H and O–H groups in total. The third kappa shape index (κ3) is 4.24. The molecule has 1 aliphatic carbocycles. The number of nitrogens with one attached hydrogen (secondary N) is 1. The number of aromatic nitrogens is 2. The van der Waals surface area contributed by atoms with Gasteiger partial charge in [-0.2, -0.15) is 0 Å². The van der Waals surface area contributed by atoms with Crippen molar-refractivity contribution >= 4 is 5.91 Å². The van der Waals surface area contributed by atoms with Crippen LogP contribution in [0.15, 0.2) is 39.4 Å². The monoisotopic (exact) mass is 381 g/mol. The minimum Gasteiger partial charge on any atom is -0.486 e. The van der Waals surface area contributed by atoms with E-state index in [-0.39, 0.29) is 24.8 Å². The first kappa shape index (κ1) is 18.3. The van der Waals surface area contributed by atoms with Gasteiger partial charge in [0.25, 0.3) is 5.91 Å². The Labute approximate surface area is 163 Å². The molecule has 0 spiro atoms. The second kappa shape index (κ2) is 8.29. The number of amides is 1. The van der Waals surface area contributed by atoms with Gasteiger partial charge < -0.3 is 19.1 Å². The molecule has 28 heavy (non-hydrogen) atoms. The van der Waals surface area contributed by atoms with Crippen molar-refractivity contribution in [3.63, 3.8) is 0 Å². The molecule has 0 aliphatic heterocycles. The summed E-state index contributed by atoms with van der Waals surface area (Å²) < 4.78 is 16.2. The lowest BCUT2D eigenvalue weighted by Gasteiger charge is -2.16. The first-order chi connectivity index (χ1) is 13.7. The number of aryl methyl sites for hydroxylation is 3. The van der Waals surface area contributed by atoms with Crippen LogP contribution in [0.5, 0.6) is 5.75 Å². The molecule has 0 unspecified atom stereocenters. The topological polar surface area (TPSA) is 90.4 Å². The lowest BCUT2D eigenvalue weighted by molar-refractivity contribution is 0.0937. The maximum atomic E-state index is 12.2. The van der Waals surface area contributed by atoms with Gasteiger partial charge in [-0.1, -0.05) is 23.3 Å². The maximum Gasteiger partial charge on any atom is 0.273 e. The van der Waals surface area contributed by atoms with Crippen LogP contribution in [-0.4, -0.2) is 16.2 Å². The Morgan fingerprint density at radius 2 is 1.89 bits per heavy atom. The van der Waals surface area contributed by atoms with Crippen molar-refractivity contribution in [3.8, 4) is 5.75 Å². The quantitative estimate of drug-likeness (QED) is 0.672. The van der Waals surface area contributed by atoms with Gasteiger partial charge in [-0.15, -0.1) is 0 Å². The van der Waals surface area contributed by atoms with Gasteiger partial charge in [-0.3, -0.25) is 4.79 Å². The summed E-state index contributed by atoms with van der Waals surface area (Å²) in [6.07, 6.45) is 5.51. The van der Waals surface area contributed by atoms with E-state index in [4.69, 9.17) is 13.8 Å². The number of ether oxygens (including phenoxy) is 1. The molecule has 0 saturated heterocycles. The zero-order chi connectivity index (χ0) is 19.3. The average Bonchev–Trinajstić information content (AvgIpc) is 3.40. The van der Waals surface area contributed by atoms with Crippen LogP contribution in [0.1, 0.15) is 58.6 Å². The van der Waals surface area contributed by atoms with Gasteiger partial charge in [0.1, 0.15) is 12.4 Å². The van der Waals surface area contributed by atoms with E-state index in [0.717, 1.165) is 30.7 Å². The van der Waals surface area contributed by atoms with E-state index in [9.17, 15) is 4.79 Å². The normalized spacial score (nSPS) is 13.2. The molecule has 7 heteroatoms. The van der Waals surface area contributed by atoms with Crippen molar-refractivity contribution in [3.05, 3.63) is 64.4 Å². The molecule has 0 radical (unpaired) electrons. The van der Waals surface area contributed by atoms with Crippen molar-refractivity contribution in [1.29, 1.82) is 0 Å². The molecule has 7 nitrogen and oxygen atoms in total. The molecular weight excluding hydrogens is 358 g/mol. The molecule has 3 aromatic rings. The summed E-state index contributed by atoms with van der Waals surface area (Å²) in [5.41, 5.74) is 3.83. The molecule has 0 bridgehead atoms. The van der Waals surface area contributed by atoms with Crippen LogP contribution in [0.4, 0.5) is 0 Å². The minimum atomic E-state index is -0.335. The summed E-state index contributed by atoms with van der Waals surface area (Å²) >= 11 is 0. The van der Waals surface area contributed by atoms with E-state index in [0.29, 0.717) is 11.5 Å². The lowest BCUT2D eigenvalue weighted by Crippen LogP contribution is -2.22. The Balaban J connectivity index is 1.30. The molecule has 0 saturated carbocycles. The highest BCUT2D eigenvalue weighted by Crippen LogP contribution is 2.25. The minimum absolute atomic E-state index is 0.208. The van der Waals surface area contributed by atoms with Gasteiger partial charge in [-0.05, 0) is 55.4 Å². The Bertz CT molecular complexity index is 960. The number of carbonyl (C=O) groups is 1. The Hall–Kier alpha value is -3.09. The van der Waals surface area contributed by atoms with E-state index >= 15 is 0 Å². The predicted octanol–water partition coefficient (Wildman–Crippen LogP) is 3.61. The zero-order valence-electron chi connectivity index (χ0n) is 15.9. The van der Waals surface area contributed by atoms with Gasteiger partial charge in [0.15, 0.2) is 17.2 Å². The fourth-order valence-electron chi connectivity index (χ4n) is 3.31. The molecule has 1 aliphatic rings. The van der Waals surface area contributed by atoms with Gasteiger partial charge >= 0.3 is 0 Å². The van der Waals surface area contributed by atoms with Crippen LogP contribution in [0.3, 0.4) is 0 Å². The van der Waals surface area contributed by atoms with E-state index in [1.54, 1.807) is 6.07 Å². The number of hydrogen-bond acceptors (Lipinski definition) is 6. The Kier molecular flexibility index (Phi) is 5.41.